The van der Waals surface area contributed by atoms with Gasteiger partial charge in [0.15, 0.2) is 0 Å². The van der Waals surface area contributed by atoms with Crippen molar-refractivity contribution in [2.24, 2.45) is 0 Å². The summed E-state index contributed by atoms with van der Waals surface area (Å²) in [5, 5.41) is 4.86. The molecule has 0 radical (unpaired) electrons. The Morgan fingerprint density at radius 1 is 1.21 bits per heavy atom. The Kier molecular flexibility index (Phi) is 4.91. The smallest absolute Gasteiger partial charge is 0.324 e. The van der Waals surface area contributed by atoms with Gasteiger partial charge in [0.2, 0.25) is 5.95 Å². The summed E-state index contributed by atoms with van der Waals surface area (Å²) in [6.07, 6.45) is 0.895. The van der Waals surface area contributed by atoms with Gasteiger partial charge < -0.3 is 14.8 Å². The Morgan fingerprint density at radius 3 is 2.63 bits per heavy atom. The molecule has 19 heavy (non-hydrogen) atoms. The van der Waals surface area contributed by atoms with Crippen molar-refractivity contribution in [3.05, 3.63) is 22.4 Å². The average Bonchev–Trinajstić information content (AvgIpc) is 2.96. The van der Waals surface area contributed by atoms with Crippen molar-refractivity contribution in [1.29, 1.82) is 0 Å². The van der Waals surface area contributed by atoms with E-state index in [0.29, 0.717) is 19.2 Å². The molecule has 0 spiro atoms. The first kappa shape index (κ1) is 13.5. The third kappa shape index (κ3) is 4.06. The monoisotopic (exact) mass is 280 g/mol. The molecule has 0 saturated carbocycles. The second-order valence-corrected chi connectivity index (χ2v) is 4.72. The molecule has 2 heterocycles. The van der Waals surface area contributed by atoms with Crippen molar-refractivity contribution in [3.63, 3.8) is 0 Å². The van der Waals surface area contributed by atoms with E-state index >= 15 is 0 Å². The van der Waals surface area contributed by atoms with Crippen LogP contribution in [0.4, 0.5) is 5.95 Å². The maximum atomic E-state index is 5.54. The van der Waals surface area contributed by atoms with Crippen LogP contribution in [-0.4, -0.2) is 28.6 Å². The van der Waals surface area contributed by atoms with Crippen LogP contribution in [0.2, 0.25) is 0 Å². The van der Waals surface area contributed by atoms with Gasteiger partial charge in [-0.05, 0) is 17.9 Å². The van der Waals surface area contributed by atoms with Crippen LogP contribution in [-0.2, 0) is 6.61 Å². The van der Waals surface area contributed by atoms with Crippen molar-refractivity contribution < 1.29 is 9.47 Å². The Bertz CT molecular complexity index is 504. The molecule has 0 unspecified atom stereocenters. The molecule has 0 fully saturated rings. The zero-order chi connectivity index (χ0) is 13.5. The molecule has 0 atom stereocenters. The maximum Gasteiger partial charge on any atom is 0.324 e. The van der Waals surface area contributed by atoms with Gasteiger partial charge in [-0.1, -0.05) is 13.0 Å². The minimum absolute atomic E-state index is 0.263. The predicted molar refractivity (Wildman–Crippen MR) is 73.8 cm³/mol. The molecule has 0 saturated heterocycles. The van der Waals surface area contributed by atoms with Gasteiger partial charge in [-0.3, -0.25) is 0 Å². The van der Waals surface area contributed by atoms with Crippen molar-refractivity contribution >= 4 is 17.3 Å². The van der Waals surface area contributed by atoms with Crippen LogP contribution in [0.15, 0.2) is 17.5 Å². The zero-order valence-electron chi connectivity index (χ0n) is 10.9. The molecule has 6 nitrogen and oxygen atoms in total. The fourth-order valence-electron chi connectivity index (χ4n) is 1.30. The van der Waals surface area contributed by atoms with E-state index in [4.69, 9.17) is 9.47 Å². The molecule has 0 amide bonds. The van der Waals surface area contributed by atoms with E-state index in [2.05, 4.69) is 20.3 Å². The topological polar surface area (TPSA) is 69.2 Å². The fourth-order valence-corrected chi connectivity index (χ4v) is 1.92. The number of ether oxygens (including phenoxy) is 2. The van der Waals surface area contributed by atoms with E-state index in [1.807, 2.05) is 24.4 Å². The summed E-state index contributed by atoms with van der Waals surface area (Å²) in [6.45, 7) is 3.03. The highest BCUT2D eigenvalue weighted by atomic mass is 32.1. The Hall–Kier alpha value is -1.89. The summed E-state index contributed by atoms with van der Waals surface area (Å²) >= 11 is 1.63. The number of hydrogen-bond acceptors (Lipinski definition) is 7. The molecular weight excluding hydrogens is 264 g/mol. The van der Waals surface area contributed by atoms with E-state index in [0.717, 1.165) is 11.3 Å². The first-order valence-electron chi connectivity index (χ1n) is 6.03. The molecule has 2 aromatic heterocycles. The molecule has 102 valence electrons. The Morgan fingerprint density at radius 2 is 2.00 bits per heavy atom. The largest absolute Gasteiger partial charge is 0.463 e. The fraction of sp³-hybridized carbons (Fsp3) is 0.417. The minimum Gasteiger partial charge on any atom is -0.463 e. The van der Waals surface area contributed by atoms with Crippen molar-refractivity contribution in [2.45, 2.75) is 20.0 Å². The zero-order valence-corrected chi connectivity index (χ0v) is 11.7. The third-order valence-electron chi connectivity index (χ3n) is 2.18. The first-order valence-corrected chi connectivity index (χ1v) is 6.91. The predicted octanol–water partition coefficient (Wildman–Crippen LogP) is 2.34. The molecule has 0 aromatic carbocycles. The van der Waals surface area contributed by atoms with Gasteiger partial charge in [0.25, 0.3) is 0 Å². The molecule has 2 aromatic rings. The summed E-state index contributed by atoms with van der Waals surface area (Å²) in [7, 11) is 1.74. The van der Waals surface area contributed by atoms with Crippen LogP contribution in [0, 0.1) is 0 Å². The number of hydrogen-bond donors (Lipinski definition) is 1. The van der Waals surface area contributed by atoms with Crippen molar-refractivity contribution in [2.75, 3.05) is 19.0 Å². The molecular formula is C12H16N4O2S. The summed E-state index contributed by atoms with van der Waals surface area (Å²) in [4.78, 5) is 13.5. The molecule has 0 aliphatic carbocycles. The van der Waals surface area contributed by atoms with Gasteiger partial charge in [-0.25, -0.2) is 0 Å². The van der Waals surface area contributed by atoms with Crippen LogP contribution < -0.4 is 14.8 Å². The van der Waals surface area contributed by atoms with E-state index in [9.17, 15) is 0 Å². The summed E-state index contributed by atoms with van der Waals surface area (Å²) in [5.74, 6) is 0.433. The lowest BCUT2D eigenvalue weighted by molar-refractivity contribution is 0.257. The second-order valence-electron chi connectivity index (χ2n) is 3.69. The summed E-state index contributed by atoms with van der Waals surface area (Å²) in [5.41, 5.74) is 0. The van der Waals surface area contributed by atoms with Crippen molar-refractivity contribution in [3.8, 4) is 12.0 Å². The first-order chi connectivity index (χ1) is 9.31. The number of nitrogens with one attached hydrogen (secondary N) is 1. The summed E-state index contributed by atoms with van der Waals surface area (Å²) in [6, 6.07) is 4.52. The standard InChI is InChI=1S/C12H16N4O2S/c1-3-6-17-11-14-10(13-2)15-12(16-11)18-8-9-5-4-7-19-9/h4-5,7H,3,6,8H2,1-2H3,(H,13,14,15,16). The summed E-state index contributed by atoms with van der Waals surface area (Å²) < 4.78 is 10.9. The van der Waals surface area contributed by atoms with Gasteiger partial charge >= 0.3 is 12.0 Å². The van der Waals surface area contributed by atoms with Gasteiger partial charge in [0.1, 0.15) is 6.61 Å². The molecule has 0 aliphatic heterocycles. The average molecular weight is 280 g/mol. The Balaban J connectivity index is 2.05. The number of anilines is 1. The SMILES string of the molecule is CCCOc1nc(NC)nc(OCc2cccs2)n1. The number of nitrogens with zero attached hydrogens (tertiary/aromatic N) is 3. The second kappa shape index (κ2) is 6.89. The minimum atomic E-state index is 0.263. The van der Waals surface area contributed by atoms with Gasteiger partial charge in [-0.2, -0.15) is 9.97 Å². The lowest BCUT2D eigenvalue weighted by Gasteiger charge is -2.07. The number of thiophene rings is 1. The number of aromatic nitrogens is 3. The molecule has 0 bridgehead atoms. The highest BCUT2D eigenvalue weighted by molar-refractivity contribution is 7.09. The molecule has 7 heteroatoms. The Labute approximate surface area is 115 Å². The highest BCUT2D eigenvalue weighted by Crippen LogP contribution is 2.16. The van der Waals surface area contributed by atoms with E-state index in [1.165, 1.54) is 0 Å². The van der Waals surface area contributed by atoms with E-state index < -0.39 is 0 Å². The van der Waals surface area contributed by atoms with Crippen LogP contribution in [0.25, 0.3) is 0 Å². The van der Waals surface area contributed by atoms with Gasteiger partial charge in [0, 0.05) is 11.9 Å². The van der Waals surface area contributed by atoms with E-state index in [1.54, 1.807) is 18.4 Å². The van der Waals surface area contributed by atoms with Crippen LogP contribution >= 0.6 is 11.3 Å². The van der Waals surface area contributed by atoms with E-state index in [-0.39, 0.29) is 12.0 Å². The normalized spacial score (nSPS) is 10.2. The highest BCUT2D eigenvalue weighted by Gasteiger charge is 2.08. The molecule has 2 rings (SSSR count). The van der Waals surface area contributed by atoms with Crippen molar-refractivity contribution in [1.82, 2.24) is 15.0 Å². The molecule has 0 aliphatic rings. The van der Waals surface area contributed by atoms with Gasteiger partial charge in [-0.15, -0.1) is 16.3 Å². The maximum absolute atomic E-state index is 5.54. The van der Waals surface area contributed by atoms with Crippen LogP contribution in [0.3, 0.4) is 0 Å². The quantitative estimate of drug-likeness (QED) is 0.839. The lowest BCUT2D eigenvalue weighted by Crippen LogP contribution is -2.07. The lowest BCUT2D eigenvalue weighted by atomic mass is 10.5. The molecule has 1 N–H and O–H groups in total. The number of rotatable bonds is 7. The van der Waals surface area contributed by atoms with Gasteiger partial charge in [0.05, 0.1) is 6.61 Å². The van der Waals surface area contributed by atoms with Crippen LogP contribution in [0.5, 0.6) is 12.0 Å². The van der Waals surface area contributed by atoms with Crippen LogP contribution in [0.1, 0.15) is 18.2 Å². The third-order valence-corrected chi connectivity index (χ3v) is 3.03.